The molecule has 0 amide bonds. The smallest absolute Gasteiger partial charge is 0.337 e. The Hall–Kier alpha value is -1.55. The standard InChI is InChI=1S/C14H16O3S/c1-10-9-13(14(16)17-3)7-6-12(10)5-4-8-18-11(2)15/h4-7,9H,8H2,1-3H3. The van der Waals surface area contributed by atoms with Crippen LogP contribution in [0.3, 0.4) is 0 Å². The molecular formula is C14H16O3S. The maximum absolute atomic E-state index is 11.3. The summed E-state index contributed by atoms with van der Waals surface area (Å²) in [6.45, 7) is 3.49. The van der Waals surface area contributed by atoms with Crippen LogP contribution in [0.2, 0.25) is 0 Å². The molecule has 0 heterocycles. The van der Waals surface area contributed by atoms with Crippen LogP contribution in [0.1, 0.15) is 28.4 Å². The molecule has 3 nitrogen and oxygen atoms in total. The van der Waals surface area contributed by atoms with Crippen molar-refractivity contribution in [3.05, 3.63) is 41.0 Å². The summed E-state index contributed by atoms with van der Waals surface area (Å²) in [5.41, 5.74) is 2.58. The van der Waals surface area contributed by atoms with Crippen molar-refractivity contribution in [3.63, 3.8) is 0 Å². The predicted octanol–water partition coefficient (Wildman–Crippen LogP) is 3.07. The molecular weight excluding hydrogens is 248 g/mol. The normalized spacial score (nSPS) is 10.6. The quantitative estimate of drug-likeness (QED) is 0.784. The van der Waals surface area contributed by atoms with E-state index in [1.54, 1.807) is 19.1 Å². The lowest BCUT2D eigenvalue weighted by Gasteiger charge is -2.03. The molecule has 96 valence electrons. The van der Waals surface area contributed by atoms with Crippen molar-refractivity contribution in [2.24, 2.45) is 0 Å². The summed E-state index contributed by atoms with van der Waals surface area (Å²) < 4.78 is 4.66. The molecule has 18 heavy (non-hydrogen) atoms. The topological polar surface area (TPSA) is 43.4 Å². The third kappa shape index (κ3) is 4.37. The molecule has 0 N–H and O–H groups in total. The second-order valence-electron chi connectivity index (χ2n) is 3.77. The number of benzene rings is 1. The largest absolute Gasteiger partial charge is 0.465 e. The molecule has 0 bridgehead atoms. The van der Waals surface area contributed by atoms with E-state index in [0.717, 1.165) is 11.1 Å². The van der Waals surface area contributed by atoms with Gasteiger partial charge in [-0.3, -0.25) is 4.79 Å². The van der Waals surface area contributed by atoms with Crippen LogP contribution in [0, 0.1) is 6.92 Å². The van der Waals surface area contributed by atoms with Crippen LogP contribution in [-0.2, 0) is 9.53 Å². The number of carbonyl (C=O) groups is 2. The highest BCUT2D eigenvalue weighted by atomic mass is 32.2. The van der Waals surface area contributed by atoms with Crippen molar-refractivity contribution in [2.45, 2.75) is 13.8 Å². The lowest BCUT2D eigenvalue weighted by Crippen LogP contribution is -2.01. The van der Waals surface area contributed by atoms with Crippen molar-refractivity contribution >= 4 is 28.9 Å². The van der Waals surface area contributed by atoms with Gasteiger partial charge in [-0.15, -0.1) is 0 Å². The highest BCUT2D eigenvalue weighted by molar-refractivity contribution is 8.13. The minimum Gasteiger partial charge on any atom is -0.465 e. The van der Waals surface area contributed by atoms with Gasteiger partial charge in [-0.05, 0) is 30.2 Å². The SMILES string of the molecule is COC(=O)c1ccc(C=CCSC(C)=O)c(C)c1. The summed E-state index contributed by atoms with van der Waals surface area (Å²) >= 11 is 1.27. The molecule has 0 aromatic heterocycles. The molecule has 1 aromatic carbocycles. The molecule has 0 unspecified atom stereocenters. The van der Waals surface area contributed by atoms with Crippen molar-refractivity contribution in [1.82, 2.24) is 0 Å². The molecule has 4 heteroatoms. The van der Waals surface area contributed by atoms with Gasteiger partial charge in [0.15, 0.2) is 5.12 Å². The van der Waals surface area contributed by atoms with Crippen LogP contribution < -0.4 is 0 Å². The van der Waals surface area contributed by atoms with E-state index < -0.39 is 0 Å². The van der Waals surface area contributed by atoms with E-state index in [-0.39, 0.29) is 11.1 Å². The Labute approximate surface area is 111 Å². The summed E-state index contributed by atoms with van der Waals surface area (Å²) in [5, 5.41) is 0.109. The highest BCUT2D eigenvalue weighted by Gasteiger charge is 2.05. The lowest BCUT2D eigenvalue weighted by molar-refractivity contribution is -0.109. The summed E-state index contributed by atoms with van der Waals surface area (Å²) in [5.74, 6) is 0.328. The van der Waals surface area contributed by atoms with Gasteiger partial charge in [-0.1, -0.05) is 30.0 Å². The Morgan fingerprint density at radius 3 is 2.67 bits per heavy atom. The predicted molar refractivity (Wildman–Crippen MR) is 74.7 cm³/mol. The van der Waals surface area contributed by atoms with Crippen molar-refractivity contribution in [3.8, 4) is 0 Å². The third-order valence-electron chi connectivity index (χ3n) is 2.37. The van der Waals surface area contributed by atoms with Gasteiger partial charge in [-0.25, -0.2) is 4.79 Å². The molecule has 0 aliphatic carbocycles. The Morgan fingerprint density at radius 1 is 1.39 bits per heavy atom. The first-order valence-electron chi connectivity index (χ1n) is 5.53. The number of carbonyl (C=O) groups excluding carboxylic acids is 2. The number of hydrogen-bond acceptors (Lipinski definition) is 4. The summed E-state index contributed by atoms with van der Waals surface area (Å²) in [4.78, 5) is 22.1. The van der Waals surface area contributed by atoms with E-state index in [9.17, 15) is 9.59 Å². The van der Waals surface area contributed by atoms with Crippen molar-refractivity contribution in [2.75, 3.05) is 12.9 Å². The van der Waals surface area contributed by atoms with Gasteiger partial charge in [-0.2, -0.15) is 0 Å². The Bertz CT molecular complexity index is 478. The van der Waals surface area contributed by atoms with E-state index in [2.05, 4.69) is 4.74 Å². The van der Waals surface area contributed by atoms with E-state index in [4.69, 9.17) is 0 Å². The first kappa shape index (κ1) is 14.5. The zero-order chi connectivity index (χ0) is 13.5. The van der Waals surface area contributed by atoms with Crippen LogP contribution in [0.25, 0.3) is 6.08 Å². The summed E-state index contributed by atoms with van der Waals surface area (Å²) in [7, 11) is 1.37. The first-order valence-corrected chi connectivity index (χ1v) is 6.52. The van der Waals surface area contributed by atoms with Crippen LogP contribution in [0.5, 0.6) is 0 Å². The number of thioether (sulfide) groups is 1. The first-order chi connectivity index (χ1) is 8.54. The van der Waals surface area contributed by atoms with Crippen LogP contribution >= 0.6 is 11.8 Å². The number of methoxy groups -OCH3 is 1. The summed E-state index contributed by atoms with van der Waals surface area (Å²) in [6.07, 6.45) is 3.89. The maximum Gasteiger partial charge on any atom is 0.337 e. The van der Waals surface area contributed by atoms with Crippen LogP contribution in [0.15, 0.2) is 24.3 Å². The van der Waals surface area contributed by atoms with Crippen LogP contribution in [-0.4, -0.2) is 23.9 Å². The van der Waals surface area contributed by atoms with Crippen LogP contribution in [0.4, 0.5) is 0 Å². The van der Waals surface area contributed by atoms with Gasteiger partial charge >= 0.3 is 5.97 Å². The zero-order valence-electron chi connectivity index (χ0n) is 10.7. The minimum atomic E-state index is -0.333. The molecule has 0 saturated carbocycles. The number of hydrogen-bond donors (Lipinski definition) is 0. The molecule has 0 saturated heterocycles. The van der Waals surface area contributed by atoms with Gasteiger partial charge in [0.2, 0.25) is 0 Å². The monoisotopic (exact) mass is 264 g/mol. The fraction of sp³-hybridized carbons (Fsp3) is 0.286. The van der Waals surface area contributed by atoms with Gasteiger partial charge in [0.1, 0.15) is 0 Å². The third-order valence-corrected chi connectivity index (χ3v) is 3.14. The van der Waals surface area contributed by atoms with Crippen molar-refractivity contribution < 1.29 is 14.3 Å². The Morgan fingerprint density at radius 2 is 2.11 bits per heavy atom. The minimum absolute atomic E-state index is 0.109. The van der Waals surface area contributed by atoms with Gasteiger partial charge < -0.3 is 4.74 Å². The van der Waals surface area contributed by atoms with Gasteiger partial charge in [0, 0.05) is 12.7 Å². The van der Waals surface area contributed by atoms with E-state index in [0.29, 0.717) is 11.3 Å². The fourth-order valence-electron chi connectivity index (χ4n) is 1.45. The molecule has 0 radical (unpaired) electrons. The number of aryl methyl sites for hydroxylation is 1. The molecule has 0 aliphatic heterocycles. The molecule has 1 rings (SSSR count). The second-order valence-corrected chi connectivity index (χ2v) is 4.96. The molecule has 0 aliphatic rings. The van der Waals surface area contributed by atoms with Gasteiger partial charge in [0.05, 0.1) is 12.7 Å². The number of esters is 1. The van der Waals surface area contributed by atoms with Crippen molar-refractivity contribution in [1.29, 1.82) is 0 Å². The van der Waals surface area contributed by atoms with E-state index in [1.165, 1.54) is 18.9 Å². The summed E-state index contributed by atoms with van der Waals surface area (Å²) in [6, 6.07) is 5.40. The lowest BCUT2D eigenvalue weighted by atomic mass is 10.0. The highest BCUT2D eigenvalue weighted by Crippen LogP contribution is 2.14. The maximum atomic E-state index is 11.3. The zero-order valence-corrected chi connectivity index (χ0v) is 11.5. The molecule has 0 atom stereocenters. The second kappa shape index (κ2) is 7.01. The average Bonchev–Trinajstić information content (AvgIpc) is 2.34. The Balaban J connectivity index is 2.73. The average molecular weight is 264 g/mol. The van der Waals surface area contributed by atoms with E-state index in [1.807, 2.05) is 25.1 Å². The number of rotatable bonds is 4. The molecule has 1 aromatic rings. The molecule has 0 spiro atoms. The van der Waals surface area contributed by atoms with Gasteiger partial charge in [0.25, 0.3) is 0 Å². The molecule has 0 fully saturated rings. The Kier molecular flexibility index (Phi) is 5.65. The number of ether oxygens (including phenoxy) is 1. The fourth-order valence-corrected chi connectivity index (χ4v) is 1.88. The van der Waals surface area contributed by atoms with E-state index >= 15 is 0 Å².